The molecule has 1 aromatic rings. The van der Waals surface area contributed by atoms with Crippen LogP contribution in [-0.4, -0.2) is 87.9 Å². The number of piperazine rings is 1. The molecule has 1 aromatic carbocycles. The summed E-state index contributed by atoms with van der Waals surface area (Å²) >= 11 is 0. The molecule has 2 aliphatic heterocycles. The molecule has 3 rings (SSSR count). The maximum atomic E-state index is 5.76. The van der Waals surface area contributed by atoms with Gasteiger partial charge in [-0.1, -0.05) is 12.1 Å². The molecule has 0 atom stereocenters. The first-order valence-electron chi connectivity index (χ1n) is 11.2. The first-order chi connectivity index (χ1) is 14.1. The zero-order valence-corrected chi connectivity index (χ0v) is 21.5. The van der Waals surface area contributed by atoms with Gasteiger partial charge < -0.3 is 19.9 Å². The number of nitrogens with one attached hydrogen (secondary N) is 1. The van der Waals surface area contributed by atoms with Crippen LogP contribution in [0.2, 0.25) is 0 Å². The Morgan fingerprint density at radius 3 is 2.43 bits per heavy atom. The van der Waals surface area contributed by atoms with E-state index in [1.807, 2.05) is 7.05 Å². The number of likely N-dealkylation sites (tertiary alicyclic amines) is 1. The second-order valence-electron chi connectivity index (χ2n) is 8.16. The van der Waals surface area contributed by atoms with Crippen molar-refractivity contribution in [2.45, 2.75) is 39.7 Å². The largest absolute Gasteiger partial charge is 0.378 e. The third-order valence-electron chi connectivity index (χ3n) is 6.36. The summed E-state index contributed by atoms with van der Waals surface area (Å²) in [5.74, 6) is 1.04. The number of benzene rings is 1. The summed E-state index contributed by atoms with van der Waals surface area (Å²) in [7, 11) is 1.89. The highest BCUT2D eigenvalue weighted by Crippen LogP contribution is 2.23. The fourth-order valence-corrected chi connectivity index (χ4v) is 4.42. The Kier molecular flexibility index (Phi) is 10.7. The van der Waals surface area contributed by atoms with Gasteiger partial charge in [0.25, 0.3) is 0 Å². The third-order valence-corrected chi connectivity index (χ3v) is 6.36. The molecular formula is C23H40IN5O. The predicted molar refractivity (Wildman–Crippen MR) is 138 cm³/mol. The number of ether oxygens (including phenoxy) is 1. The normalized spacial score (nSPS) is 19.0. The summed E-state index contributed by atoms with van der Waals surface area (Å²) in [4.78, 5) is 12.0. The molecular weight excluding hydrogens is 489 g/mol. The molecule has 0 spiro atoms. The van der Waals surface area contributed by atoms with E-state index >= 15 is 0 Å². The molecule has 0 aromatic heterocycles. The maximum absolute atomic E-state index is 5.76. The summed E-state index contributed by atoms with van der Waals surface area (Å²) in [6, 6.07) is 6.64. The predicted octanol–water partition coefficient (Wildman–Crippen LogP) is 3.12. The van der Waals surface area contributed by atoms with Crippen LogP contribution in [0.3, 0.4) is 0 Å². The highest BCUT2D eigenvalue weighted by molar-refractivity contribution is 14.0. The van der Waals surface area contributed by atoms with Gasteiger partial charge in [0.1, 0.15) is 0 Å². The van der Waals surface area contributed by atoms with Crippen molar-refractivity contribution in [3.8, 4) is 0 Å². The van der Waals surface area contributed by atoms with E-state index in [-0.39, 0.29) is 24.0 Å². The molecule has 30 heavy (non-hydrogen) atoms. The molecule has 7 heteroatoms. The summed E-state index contributed by atoms with van der Waals surface area (Å²) in [5.41, 5.74) is 4.20. The van der Waals surface area contributed by atoms with Gasteiger partial charge in [0.15, 0.2) is 5.96 Å². The number of aliphatic imine (C=N–C) groups is 1. The van der Waals surface area contributed by atoms with Crippen molar-refractivity contribution in [1.29, 1.82) is 0 Å². The lowest BCUT2D eigenvalue weighted by Gasteiger charge is -2.37. The van der Waals surface area contributed by atoms with E-state index in [2.05, 4.69) is 64.0 Å². The zero-order valence-electron chi connectivity index (χ0n) is 19.2. The zero-order chi connectivity index (χ0) is 20.6. The highest BCUT2D eigenvalue weighted by Gasteiger charge is 2.22. The highest BCUT2D eigenvalue weighted by atomic mass is 127. The van der Waals surface area contributed by atoms with Crippen LogP contribution in [0.4, 0.5) is 5.69 Å². The number of hydrogen-bond acceptors (Lipinski definition) is 4. The summed E-state index contributed by atoms with van der Waals surface area (Å²) in [6.07, 6.45) is 2.60. The summed E-state index contributed by atoms with van der Waals surface area (Å²) in [5, 5.41) is 3.57. The van der Waals surface area contributed by atoms with Gasteiger partial charge in [-0.15, -0.1) is 24.0 Å². The average molecular weight is 530 g/mol. The summed E-state index contributed by atoms with van der Waals surface area (Å²) < 4.78 is 5.76. The number of piperidine rings is 1. The van der Waals surface area contributed by atoms with Gasteiger partial charge in [0.2, 0.25) is 0 Å². The minimum absolute atomic E-state index is 0. The number of rotatable bonds is 6. The van der Waals surface area contributed by atoms with E-state index in [1.54, 1.807) is 0 Å². The standard InChI is InChI=1S/C23H39N5O.HI/c1-5-29-21-9-12-28(13-10-21)23(24-4)25-11-14-26-15-17-27(18-16-26)22-8-6-7-19(2)20(22)3;/h6-8,21H,5,9-18H2,1-4H3,(H,24,25);1H. The SMILES string of the molecule is CCOC1CCN(C(=NC)NCCN2CCN(c3cccc(C)c3C)CC2)CC1.I. The number of halogens is 1. The molecule has 6 nitrogen and oxygen atoms in total. The number of nitrogens with zero attached hydrogens (tertiary/aromatic N) is 4. The quantitative estimate of drug-likeness (QED) is 0.349. The van der Waals surface area contributed by atoms with Gasteiger partial charge in [-0.3, -0.25) is 9.89 Å². The molecule has 0 unspecified atom stereocenters. The number of hydrogen-bond donors (Lipinski definition) is 1. The van der Waals surface area contributed by atoms with Gasteiger partial charge in [0, 0.05) is 71.7 Å². The van der Waals surface area contributed by atoms with E-state index in [0.29, 0.717) is 6.10 Å². The molecule has 2 saturated heterocycles. The smallest absolute Gasteiger partial charge is 0.193 e. The van der Waals surface area contributed by atoms with E-state index in [1.165, 1.54) is 16.8 Å². The Morgan fingerprint density at radius 1 is 1.10 bits per heavy atom. The van der Waals surface area contributed by atoms with Crippen LogP contribution < -0.4 is 10.2 Å². The lowest BCUT2D eigenvalue weighted by atomic mass is 10.1. The monoisotopic (exact) mass is 529 g/mol. The van der Waals surface area contributed by atoms with Crippen LogP contribution in [0.15, 0.2) is 23.2 Å². The van der Waals surface area contributed by atoms with Crippen LogP contribution in [0.5, 0.6) is 0 Å². The minimum atomic E-state index is 0. The lowest BCUT2D eigenvalue weighted by molar-refractivity contribution is 0.0263. The van der Waals surface area contributed by atoms with Gasteiger partial charge in [0.05, 0.1) is 6.10 Å². The van der Waals surface area contributed by atoms with Crippen molar-refractivity contribution in [2.24, 2.45) is 4.99 Å². The number of guanidine groups is 1. The Morgan fingerprint density at radius 2 is 1.80 bits per heavy atom. The fraction of sp³-hybridized carbons (Fsp3) is 0.696. The molecule has 2 fully saturated rings. The lowest BCUT2D eigenvalue weighted by Crippen LogP contribution is -2.51. The van der Waals surface area contributed by atoms with Crippen molar-refractivity contribution in [1.82, 2.24) is 15.1 Å². The first-order valence-corrected chi connectivity index (χ1v) is 11.2. The van der Waals surface area contributed by atoms with Gasteiger partial charge in [-0.25, -0.2) is 0 Å². The third kappa shape index (κ3) is 6.72. The number of anilines is 1. The van der Waals surface area contributed by atoms with Gasteiger partial charge in [-0.2, -0.15) is 0 Å². The van der Waals surface area contributed by atoms with Crippen molar-refractivity contribution < 1.29 is 4.74 Å². The van der Waals surface area contributed by atoms with E-state index in [4.69, 9.17) is 4.74 Å². The van der Waals surface area contributed by atoms with Gasteiger partial charge in [-0.05, 0) is 50.8 Å². The molecule has 0 aliphatic carbocycles. The minimum Gasteiger partial charge on any atom is -0.378 e. The Labute approximate surface area is 200 Å². The molecule has 0 saturated carbocycles. The van der Waals surface area contributed by atoms with E-state index < -0.39 is 0 Å². The van der Waals surface area contributed by atoms with Crippen LogP contribution in [0.1, 0.15) is 30.9 Å². The fourth-order valence-electron chi connectivity index (χ4n) is 4.42. The Hall–Kier alpha value is -1.06. The van der Waals surface area contributed by atoms with Crippen LogP contribution in [0.25, 0.3) is 0 Å². The van der Waals surface area contributed by atoms with Crippen LogP contribution in [0, 0.1) is 13.8 Å². The van der Waals surface area contributed by atoms with E-state index in [9.17, 15) is 0 Å². The molecule has 0 bridgehead atoms. The second kappa shape index (κ2) is 12.7. The number of aryl methyl sites for hydroxylation is 1. The molecule has 170 valence electrons. The van der Waals surface area contributed by atoms with Crippen molar-refractivity contribution in [2.75, 3.05) is 70.9 Å². The molecule has 2 aliphatic rings. The van der Waals surface area contributed by atoms with Crippen LogP contribution >= 0.6 is 24.0 Å². The first kappa shape index (κ1) is 25.2. The molecule has 0 radical (unpaired) electrons. The Bertz CT molecular complexity index is 668. The maximum Gasteiger partial charge on any atom is 0.193 e. The molecule has 2 heterocycles. The molecule has 0 amide bonds. The van der Waals surface area contributed by atoms with Crippen molar-refractivity contribution in [3.63, 3.8) is 0 Å². The summed E-state index contributed by atoms with van der Waals surface area (Å²) in [6.45, 7) is 15.8. The van der Waals surface area contributed by atoms with Crippen LogP contribution in [-0.2, 0) is 4.74 Å². The second-order valence-corrected chi connectivity index (χ2v) is 8.16. The van der Waals surface area contributed by atoms with Gasteiger partial charge >= 0.3 is 0 Å². The van der Waals surface area contributed by atoms with Crippen molar-refractivity contribution >= 4 is 35.6 Å². The van der Waals surface area contributed by atoms with Crippen molar-refractivity contribution in [3.05, 3.63) is 29.3 Å². The van der Waals surface area contributed by atoms with E-state index in [0.717, 1.165) is 77.8 Å². The Balaban J connectivity index is 0.00000320. The average Bonchev–Trinajstić information content (AvgIpc) is 2.75. The molecule has 1 N–H and O–H groups in total. The topological polar surface area (TPSA) is 43.3 Å².